The Morgan fingerprint density at radius 2 is 1.73 bits per heavy atom. The number of carbonyl (C=O) groups is 4. The average Bonchev–Trinajstić information content (AvgIpc) is 3.34. The van der Waals surface area contributed by atoms with E-state index in [1.54, 1.807) is 29.2 Å². The highest BCUT2D eigenvalue weighted by Gasteiger charge is 2.35. The molecular weight excluding hydrogens is 402 g/mol. The monoisotopic (exact) mass is 423 g/mol. The third-order valence-corrected chi connectivity index (χ3v) is 6.23. The van der Waals surface area contributed by atoms with E-state index in [-0.39, 0.29) is 29.3 Å². The van der Waals surface area contributed by atoms with E-state index in [9.17, 15) is 19.2 Å². The predicted octanol–water partition coefficient (Wildman–Crippen LogP) is 2.44. The topological polar surface area (TPSA) is 95.6 Å². The molecule has 2 heterocycles. The van der Waals surface area contributed by atoms with Crippen molar-refractivity contribution < 1.29 is 19.2 Å². The van der Waals surface area contributed by atoms with Gasteiger partial charge in [-0.3, -0.25) is 19.2 Å². The molecule has 2 aromatic carbocycles. The smallest absolute Gasteiger partial charge is 0.251 e. The molecule has 0 aromatic heterocycles. The third-order valence-electron chi connectivity index (χ3n) is 5.22. The van der Waals surface area contributed by atoms with Crippen molar-refractivity contribution in [2.45, 2.75) is 18.9 Å². The first kappa shape index (κ1) is 20.2. The minimum atomic E-state index is -0.438. The number of carbonyl (C=O) groups excluding carboxylic acids is 4. The van der Waals surface area contributed by atoms with E-state index in [0.717, 1.165) is 11.4 Å². The first-order chi connectivity index (χ1) is 14.5. The Bertz CT molecular complexity index is 978. The normalized spacial score (nSPS) is 21.0. The number of benzene rings is 2. The molecule has 2 N–H and O–H groups in total. The van der Waals surface area contributed by atoms with Gasteiger partial charge in [0.15, 0.2) is 0 Å². The van der Waals surface area contributed by atoms with Gasteiger partial charge in [-0.1, -0.05) is 30.0 Å². The molecule has 2 aliphatic heterocycles. The number of thioether (sulfide) groups is 1. The van der Waals surface area contributed by atoms with Gasteiger partial charge >= 0.3 is 0 Å². The van der Waals surface area contributed by atoms with Gasteiger partial charge in [0.05, 0.1) is 12.0 Å². The molecule has 2 unspecified atom stereocenters. The number of nitrogens with zero attached hydrogens (tertiary/aromatic N) is 1. The van der Waals surface area contributed by atoms with E-state index < -0.39 is 12.0 Å². The molecule has 154 valence electrons. The van der Waals surface area contributed by atoms with Gasteiger partial charge < -0.3 is 15.5 Å². The summed E-state index contributed by atoms with van der Waals surface area (Å²) < 4.78 is 0. The highest BCUT2D eigenvalue weighted by atomic mass is 32.2. The van der Waals surface area contributed by atoms with Crippen molar-refractivity contribution in [1.29, 1.82) is 0 Å². The van der Waals surface area contributed by atoms with Gasteiger partial charge in [0.2, 0.25) is 16.9 Å². The molecule has 2 aromatic rings. The highest BCUT2D eigenvalue weighted by Crippen LogP contribution is 2.26. The highest BCUT2D eigenvalue weighted by molar-refractivity contribution is 8.14. The van der Waals surface area contributed by atoms with Gasteiger partial charge in [-0.15, -0.1) is 0 Å². The minimum Gasteiger partial charge on any atom is -0.341 e. The molecular formula is C22H21N3O4S. The molecule has 0 spiro atoms. The second kappa shape index (κ2) is 8.71. The summed E-state index contributed by atoms with van der Waals surface area (Å²) >= 11 is 1.23. The zero-order chi connectivity index (χ0) is 21.1. The summed E-state index contributed by atoms with van der Waals surface area (Å²) in [6.07, 6.45) is 0.804. The lowest BCUT2D eigenvalue weighted by molar-refractivity contribution is -0.122. The number of rotatable bonds is 5. The summed E-state index contributed by atoms with van der Waals surface area (Å²) in [6.45, 7) is 0.336. The van der Waals surface area contributed by atoms with Crippen LogP contribution in [-0.4, -0.2) is 41.2 Å². The van der Waals surface area contributed by atoms with Crippen LogP contribution >= 0.6 is 11.8 Å². The lowest BCUT2D eigenvalue weighted by atomic mass is 10.1. The van der Waals surface area contributed by atoms with Crippen LogP contribution < -0.4 is 15.5 Å². The molecule has 7 nitrogen and oxygen atoms in total. The molecule has 8 heteroatoms. The average molecular weight is 423 g/mol. The standard InChI is InChI=1S/C22H21N3O4S/c26-19-12-15(13-25(19)17-4-2-1-3-5-17)21(28)23-16-8-6-14(7-9-16)20(27)24-18-10-11-30-22(18)29/h1-9,15,18H,10-13H2,(H,23,28)(H,24,27). The number of para-hydroxylation sites is 1. The molecule has 0 radical (unpaired) electrons. The number of hydrogen-bond donors (Lipinski definition) is 2. The molecule has 0 bridgehead atoms. The lowest BCUT2D eigenvalue weighted by Crippen LogP contribution is -2.37. The van der Waals surface area contributed by atoms with Crippen LogP contribution in [0.4, 0.5) is 11.4 Å². The summed E-state index contributed by atoms with van der Waals surface area (Å²) in [5, 5.41) is 5.54. The van der Waals surface area contributed by atoms with Crippen molar-refractivity contribution in [3.8, 4) is 0 Å². The van der Waals surface area contributed by atoms with E-state index in [0.29, 0.717) is 24.2 Å². The van der Waals surface area contributed by atoms with Crippen LogP contribution in [0.5, 0.6) is 0 Å². The molecule has 3 amide bonds. The molecule has 2 fully saturated rings. The quantitative estimate of drug-likeness (QED) is 0.770. The Morgan fingerprint density at radius 1 is 1.00 bits per heavy atom. The van der Waals surface area contributed by atoms with E-state index in [1.165, 1.54) is 11.8 Å². The Hall–Kier alpha value is -3.13. The fourth-order valence-electron chi connectivity index (χ4n) is 3.56. The molecule has 2 aliphatic rings. The summed E-state index contributed by atoms with van der Waals surface area (Å²) in [6, 6.07) is 15.3. The Morgan fingerprint density at radius 3 is 2.40 bits per heavy atom. The number of nitrogens with one attached hydrogen (secondary N) is 2. The first-order valence-electron chi connectivity index (χ1n) is 9.75. The van der Waals surface area contributed by atoms with Crippen LogP contribution in [0.3, 0.4) is 0 Å². The molecule has 4 rings (SSSR count). The van der Waals surface area contributed by atoms with Crippen LogP contribution in [-0.2, 0) is 14.4 Å². The van der Waals surface area contributed by atoms with Crippen molar-refractivity contribution >= 4 is 46.0 Å². The number of anilines is 2. The van der Waals surface area contributed by atoms with Crippen molar-refractivity contribution in [2.24, 2.45) is 5.92 Å². The SMILES string of the molecule is O=C(NC1CCSC1=O)c1ccc(NC(=O)C2CC(=O)N(c3ccccc3)C2)cc1. The summed E-state index contributed by atoms with van der Waals surface area (Å²) in [7, 11) is 0. The van der Waals surface area contributed by atoms with Crippen LogP contribution in [0.25, 0.3) is 0 Å². The van der Waals surface area contributed by atoms with Gasteiger partial charge in [0, 0.05) is 35.7 Å². The van der Waals surface area contributed by atoms with Crippen molar-refractivity contribution in [3.63, 3.8) is 0 Å². The van der Waals surface area contributed by atoms with Crippen LogP contribution in [0, 0.1) is 5.92 Å². The zero-order valence-electron chi connectivity index (χ0n) is 16.2. The van der Waals surface area contributed by atoms with Gasteiger partial charge in [0.1, 0.15) is 0 Å². The van der Waals surface area contributed by atoms with Crippen LogP contribution in [0.2, 0.25) is 0 Å². The van der Waals surface area contributed by atoms with Crippen LogP contribution in [0.1, 0.15) is 23.2 Å². The second-order valence-electron chi connectivity index (χ2n) is 7.29. The largest absolute Gasteiger partial charge is 0.341 e. The maximum Gasteiger partial charge on any atom is 0.251 e. The maximum atomic E-state index is 12.6. The number of amides is 3. The predicted molar refractivity (Wildman–Crippen MR) is 115 cm³/mol. The second-order valence-corrected chi connectivity index (χ2v) is 8.39. The third kappa shape index (κ3) is 4.38. The fourth-order valence-corrected chi connectivity index (χ4v) is 4.49. The fraction of sp³-hybridized carbons (Fsp3) is 0.273. The zero-order valence-corrected chi connectivity index (χ0v) is 17.0. The van der Waals surface area contributed by atoms with Gasteiger partial charge in [-0.2, -0.15) is 0 Å². The van der Waals surface area contributed by atoms with Gasteiger partial charge in [-0.05, 0) is 42.8 Å². The lowest BCUT2D eigenvalue weighted by Gasteiger charge is -2.16. The van der Waals surface area contributed by atoms with Crippen LogP contribution in [0.15, 0.2) is 54.6 Å². The van der Waals surface area contributed by atoms with Gasteiger partial charge in [0.25, 0.3) is 5.91 Å². The first-order valence-corrected chi connectivity index (χ1v) is 10.7. The summed E-state index contributed by atoms with van der Waals surface area (Å²) in [5.41, 5.74) is 1.76. The Balaban J connectivity index is 1.34. The van der Waals surface area contributed by atoms with E-state index in [4.69, 9.17) is 0 Å². The summed E-state index contributed by atoms with van der Waals surface area (Å²) in [5.74, 6) is -0.333. The van der Waals surface area contributed by atoms with E-state index >= 15 is 0 Å². The molecule has 0 aliphatic carbocycles. The molecule has 2 saturated heterocycles. The summed E-state index contributed by atoms with van der Waals surface area (Å²) in [4.78, 5) is 50.5. The molecule has 30 heavy (non-hydrogen) atoms. The maximum absolute atomic E-state index is 12.6. The Kier molecular flexibility index (Phi) is 5.85. The van der Waals surface area contributed by atoms with E-state index in [2.05, 4.69) is 10.6 Å². The van der Waals surface area contributed by atoms with Crippen molar-refractivity contribution in [1.82, 2.24) is 5.32 Å². The van der Waals surface area contributed by atoms with Crippen molar-refractivity contribution in [2.75, 3.05) is 22.5 Å². The molecule has 0 saturated carbocycles. The van der Waals surface area contributed by atoms with Crippen molar-refractivity contribution in [3.05, 3.63) is 60.2 Å². The van der Waals surface area contributed by atoms with Gasteiger partial charge in [-0.25, -0.2) is 0 Å². The Labute approximate surface area is 178 Å². The number of hydrogen-bond acceptors (Lipinski definition) is 5. The minimum absolute atomic E-state index is 0.0112. The van der Waals surface area contributed by atoms with E-state index in [1.807, 2.05) is 30.3 Å². The molecule has 2 atom stereocenters.